The van der Waals surface area contributed by atoms with Gasteiger partial charge in [0, 0.05) is 31.6 Å². The van der Waals surface area contributed by atoms with Gasteiger partial charge in [0.15, 0.2) is 0 Å². The minimum atomic E-state index is -0.750. The fourth-order valence-electron chi connectivity index (χ4n) is 7.69. The van der Waals surface area contributed by atoms with Crippen LogP contribution in [-0.4, -0.2) is 31.3 Å². The first-order chi connectivity index (χ1) is 19.9. The Morgan fingerprint density at radius 3 is 2.05 bits per heavy atom. The lowest BCUT2D eigenvalue weighted by molar-refractivity contribution is -0.158. The third-order valence-electron chi connectivity index (χ3n) is 9.40. The Hall–Kier alpha value is -2.67. The molecule has 1 N–H and O–H groups in total. The molecule has 234 valence electrons. The van der Waals surface area contributed by atoms with E-state index in [1.54, 1.807) is 23.6 Å². The Labute approximate surface area is 252 Å². The van der Waals surface area contributed by atoms with Crippen molar-refractivity contribution >= 4 is 5.70 Å². The zero-order valence-corrected chi connectivity index (χ0v) is 27.3. The van der Waals surface area contributed by atoms with Crippen LogP contribution in [-0.2, 0) is 18.6 Å². The highest BCUT2D eigenvalue weighted by molar-refractivity contribution is 5.62. The van der Waals surface area contributed by atoms with E-state index in [1.807, 2.05) is 32.6 Å². The van der Waals surface area contributed by atoms with E-state index in [-0.39, 0.29) is 17.1 Å². The summed E-state index contributed by atoms with van der Waals surface area (Å²) in [7, 11) is 0. The largest absolute Gasteiger partial charge is 0.390 e. The van der Waals surface area contributed by atoms with Gasteiger partial charge in [0.05, 0.1) is 22.5 Å². The molecular formula is C35H54FN3O3. The first-order valence-corrected chi connectivity index (χ1v) is 16.2. The summed E-state index contributed by atoms with van der Waals surface area (Å²) in [6.45, 7) is 22.2. The fraction of sp³-hybridized carbons (Fsp3) is 0.657. The molecule has 1 aliphatic heterocycles. The average molecular weight is 584 g/mol. The monoisotopic (exact) mass is 583 g/mol. The van der Waals surface area contributed by atoms with E-state index in [0.29, 0.717) is 54.8 Å². The molecule has 0 spiro atoms. The molecule has 2 unspecified atom stereocenters. The maximum atomic E-state index is 13.8. The van der Waals surface area contributed by atoms with Crippen molar-refractivity contribution in [1.29, 1.82) is 0 Å². The molecule has 1 aromatic carbocycles. The van der Waals surface area contributed by atoms with E-state index < -0.39 is 11.1 Å². The summed E-state index contributed by atoms with van der Waals surface area (Å²) in [4.78, 5) is 29.5. The fourth-order valence-corrected chi connectivity index (χ4v) is 7.69. The summed E-state index contributed by atoms with van der Waals surface area (Å²) in [6.07, 6.45) is 6.09. The predicted molar refractivity (Wildman–Crippen MR) is 171 cm³/mol. The third-order valence-corrected chi connectivity index (χ3v) is 9.40. The number of nitrogens with zero attached hydrogens (tertiary/aromatic N) is 3. The maximum absolute atomic E-state index is 13.8. The second kappa shape index (κ2) is 13.7. The number of rotatable bonds is 4. The van der Waals surface area contributed by atoms with E-state index in [1.165, 1.54) is 23.1 Å². The Morgan fingerprint density at radius 1 is 1.00 bits per heavy atom. The molecule has 7 heteroatoms. The second-order valence-electron chi connectivity index (χ2n) is 12.8. The van der Waals surface area contributed by atoms with Gasteiger partial charge in [-0.2, -0.15) is 0 Å². The highest BCUT2D eigenvalue weighted by Gasteiger charge is 2.59. The van der Waals surface area contributed by atoms with Gasteiger partial charge in [-0.25, -0.2) is 9.18 Å². The van der Waals surface area contributed by atoms with Gasteiger partial charge in [-0.05, 0) is 74.5 Å². The van der Waals surface area contributed by atoms with Crippen LogP contribution in [0.5, 0.6) is 0 Å². The van der Waals surface area contributed by atoms with Crippen molar-refractivity contribution in [3.8, 4) is 0 Å². The SMILES string of the molecule is C=C1c2c(C)c(=O)n(C34CC5CC(CC(O)(C5)C3)C4)c(=O)n2CCN1Cc1ccc(F)cc1.CC.CC.CCC(C)C. The van der Waals surface area contributed by atoms with Crippen molar-refractivity contribution in [2.24, 2.45) is 17.8 Å². The highest BCUT2D eigenvalue weighted by Crippen LogP contribution is 2.59. The van der Waals surface area contributed by atoms with E-state index in [0.717, 1.165) is 43.6 Å². The maximum Gasteiger partial charge on any atom is 0.332 e. The van der Waals surface area contributed by atoms with Gasteiger partial charge in [0.25, 0.3) is 5.56 Å². The van der Waals surface area contributed by atoms with Gasteiger partial charge in [-0.3, -0.25) is 13.9 Å². The molecule has 4 saturated carbocycles. The van der Waals surface area contributed by atoms with Crippen LogP contribution in [0.4, 0.5) is 4.39 Å². The number of hydrogen-bond donors (Lipinski definition) is 1. The molecule has 2 atom stereocenters. The van der Waals surface area contributed by atoms with Gasteiger partial charge < -0.3 is 10.0 Å². The van der Waals surface area contributed by atoms with Crippen molar-refractivity contribution in [1.82, 2.24) is 14.0 Å². The first kappa shape index (κ1) is 33.8. The number of hydrogen-bond acceptors (Lipinski definition) is 4. The van der Waals surface area contributed by atoms with E-state index in [9.17, 15) is 19.1 Å². The normalized spacial score (nSPS) is 26.8. The standard InChI is InChI=1S/C26H30FN3O3.C5H12.2C2H6/c1-16-22-17(2)28(14-18-3-5-21(27)6-4-18)7-8-29(22)24(32)30(23(16)31)25-10-19-9-20(11-25)13-26(33,12-19)15-25;1-4-5(2)3;2*1-2/h3-6,19-20,33H,2,7-15H2,1H3;5H,4H2,1-3H3;2*1-2H3. The zero-order valence-electron chi connectivity index (χ0n) is 27.3. The summed E-state index contributed by atoms with van der Waals surface area (Å²) in [5.74, 6) is 1.36. The predicted octanol–water partition coefficient (Wildman–Crippen LogP) is 7.09. The number of aromatic nitrogens is 2. The van der Waals surface area contributed by atoms with Crippen LogP contribution in [0.15, 0.2) is 40.4 Å². The molecule has 7 rings (SSSR count). The Kier molecular flexibility index (Phi) is 11.1. The lowest BCUT2D eigenvalue weighted by atomic mass is 9.51. The molecule has 4 fully saturated rings. The van der Waals surface area contributed by atoms with Crippen LogP contribution in [0, 0.1) is 30.5 Å². The minimum absolute atomic E-state index is 0.249. The molecule has 1 aromatic heterocycles. The van der Waals surface area contributed by atoms with Gasteiger partial charge >= 0.3 is 5.69 Å². The van der Waals surface area contributed by atoms with Crippen molar-refractivity contribution in [3.05, 3.63) is 74.3 Å². The van der Waals surface area contributed by atoms with Crippen molar-refractivity contribution in [3.63, 3.8) is 0 Å². The van der Waals surface area contributed by atoms with Crippen LogP contribution >= 0.6 is 0 Å². The lowest BCUT2D eigenvalue weighted by Crippen LogP contribution is -2.65. The second-order valence-corrected chi connectivity index (χ2v) is 12.8. The Balaban J connectivity index is 0.000000482. The summed E-state index contributed by atoms with van der Waals surface area (Å²) in [5, 5.41) is 11.2. The quantitative estimate of drug-likeness (QED) is 0.417. The van der Waals surface area contributed by atoms with Crippen molar-refractivity contribution < 1.29 is 9.50 Å². The Morgan fingerprint density at radius 2 is 1.55 bits per heavy atom. The van der Waals surface area contributed by atoms with E-state index >= 15 is 0 Å². The third kappa shape index (κ3) is 6.61. The molecule has 42 heavy (non-hydrogen) atoms. The first-order valence-electron chi connectivity index (χ1n) is 16.2. The molecule has 4 bridgehead atoms. The molecule has 5 aliphatic rings. The van der Waals surface area contributed by atoms with Crippen LogP contribution < -0.4 is 11.2 Å². The summed E-state index contributed by atoms with van der Waals surface area (Å²) < 4.78 is 16.5. The van der Waals surface area contributed by atoms with Crippen molar-refractivity contribution in [2.75, 3.05) is 6.54 Å². The number of benzene rings is 1. The van der Waals surface area contributed by atoms with Crippen LogP contribution in [0.1, 0.15) is 110 Å². The van der Waals surface area contributed by atoms with E-state index in [4.69, 9.17) is 0 Å². The number of halogens is 1. The molecule has 4 aliphatic carbocycles. The lowest BCUT2D eigenvalue weighted by Gasteiger charge is -2.60. The molecule has 2 aromatic rings. The molecular weight excluding hydrogens is 529 g/mol. The van der Waals surface area contributed by atoms with E-state index in [2.05, 4.69) is 27.4 Å². The summed E-state index contributed by atoms with van der Waals surface area (Å²) in [6, 6.07) is 6.35. The molecule has 0 radical (unpaired) electrons. The molecule has 0 saturated heterocycles. The van der Waals surface area contributed by atoms with Crippen LogP contribution in [0.3, 0.4) is 0 Å². The van der Waals surface area contributed by atoms with Gasteiger partial charge in [0.2, 0.25) is 0 Å². The van der Waals surface area contributed by atoms with Gasteiger partial charge in [0.1, 0.15) is 5.82 Å². The molecule has 2 heterocycles. The topological polar surface area (TPSA) is 67.5 Å². The summed E-state index contributed by atoms with van der Waals surface area (Å²) >= 11 is 0. The average Bonchev–Trinajstić information content (AvgIpc) is 2.95. The highest BCUT2D eigenvalue weighted by atomic mass is 19.1. The van der Waals surface area contributed by atoms with Gasteiger partial charge in [-0.15, -0.1) is 0 Å². The molecule has 0 amide bonds. The number of aliphatic hydroxyl groups is 1. The van der Waals surface area contributed by atoms with Crippen molar-refractivity contribution in [2.45, 2.75) is 125 Å². The Bertz CT molecular complexity index is 1330. The summed E-state index contributed by atoms with van der Waals surface area (Å²) in [5.41, 5.74) is 0.876. The minimum Gasteiger partial charge on any atom is -0.390 e. The smallest absolute Gasteiger partial charge is 0.332 e. The molecule has 6 nitrogen and oxygen atoms in total. The number of fused-ring (bicyclic) bond motifs is 1. The van der Waals surface area contributed by atoms with Gasteiger partial charge in [-0.1, -0.05) is 73.6 Å². The van der Waals surface area contributed by atoms with Crippen LogP contribution in [0.2, 0.25) is 0 Å². The zero-order chi connectivity index (χ0) is 31.4. The van der Waals surface area contributed by atoms with Crippen LogP contribution in [0.25, 0.3) is 5.70 Å².